The smallest absolute Gasteiger partial charge is 0.359 e. The van der Waals surface area contributed by atoms with Gasteiger partial charge in [0.15, 0.2) is 5.69 Å². The number of carbonyl (C=O) groups is 2. The predicted octanol–water partition coefficient (Wildman–Crippen LogP) is 4.50. The van der Waals surface area contributed by atoms with Gasteiger partial charge in [0.2, 0.25) is 0 Å². The van der Waals surface area contributed by atoms with Crippen molar-refractivity contribution in [2.45, 2.75) is 20.8 Å². The van der Waals surface area contributed by atoms with Crippen molar-refractivity contribution in [2.75, 3.05) is 19.0 Å². The number of aryl methyl sites for hydroxylation is 2. The van der Waals surface area contributed by atoms with Crippen LogP contribution in [0.4, 0.5) is 5.00 Å². The lowest BCUT2D eigenvalue weighted by Gasteiger charge is -2.11. The third-order valence-electron chi connectivity index (χ3n) is 5.43. The van der Waals surface area contributed by atoms with Crippen LogP contribution < -0.4 is 15.6 Å². The second-order valence-electron chi connectivity index (χ2n) is 7.56. The van der Waals surface area contributed by atoms with Gasteiger partial charge in [-0.2, -0.15) is 9.78 Å². The number of ether oxygens (including phenoxy) is 2. The van der Waals surface area contributed by atoms with Crippen molar-refractivity contribution >= 4 is 39.0 Å². The van der Waals surface area contributed by atoms with Gasteiger partial charge in [-0.15, -0.1) is 11.3 Å². The molecule has 1 N–H and O–H groups in total. The summed E-state index contributed by atoms with van der Waals surface area (Å²) in [4.78, 5) is 39.3. The van der Waals surface area contributed by atoms with Gasteiger partial charge >= 0.3 is 5.97 Å². The molecule has 0 spiro atoms. The Morgan fingerprint density at radius 2 is 1.88 bits per heavy atom. The van der Waals surface area contributed by atoms with E-state index in [9.17, 15) is 14.4 Å². The number of anilines is 1. The zero-order valence-corrected chi connectivity index (χ0v) is 20.0. The summed E-state index contributed by atoms with van der Waals surface area (Å²) < 4.78 is 11.6. The number of nitrogens with one attached hydrogen (secondary N) is 1. The average molecular weight is 478 g/mol. The number of benzene rings is 2. The molecule has 8 nitrogen and oxygen atoms in total. The van der Waals surface area contributed by atoms with E-state index in [2.05, 4.69) is 10.4 Å². The summed E-state index contributed by atoms with van der Waals surface area (Å²) >= 11 is 1.14. The maximum absolute atomic E-state index is 13.6. The molecular weight excluding hydrogens is 454 g/mol. The molecule has 2 heterocycles. The first-order valence-electron chi connectivity index (χ1n) is 10.6. The van der Waals surface area contributed by atoms with E-state index < -0.39 is 17.4 Å². The lowest BCUT2D eigenvalue weighted by atomic mass is 10.1. The Morgan fingerprint density at radius 1 is 1.12 bits per heavy atom. The van der Waals surface area contributed by atoms with E-state index in [1.807, 2.05) is 26.0 Å². The SMILES string of the molecule is CCOC(=O)c1nn(-c2ccc(C)c(C)c2)c(=O)c2c(NC(=O)c3ccccc3OC)scc12. The number of rotatable bonds is 6. The predicted molar refractivity (Wildman–Crippen MR) is 132 cm³/mol. The molecule has 1 amide bonds. The first-order valence-corrected chi connectivity index (χ1v) is 11.5. The molecule has 0 radical (unpaired) electrons. The van der Waals surface area contributed by atoms with Gasteiger partial charge in [-0.25, -0.2) is 4.79 Å². The van der Waals surface area contributed by atoms with Crippen molar-refractivity contribution in [2.24, 2.45) is 0 Å². The third-order valence-corrected chi connectivity index (χ3v) is 6.33. The molecule has 9 heteroatoms. The van der Waals surface area contributed by atoms with E-state index in [-0.39, 0.29) is 17.7 Å². The fourth-order valence-corrected chi connectivity index (χ4v) is 4.46. The molecule has 4 rings (SSSR count). The van der Waals surface area contributed by atoms with Gasteiger partial charge in [-0.3, -0.25) is 9.59 Å². The maximum Gasteiger partial charge on any atom is 0.359 e. The van der Waals surface area contributed by atoms with E-state index in [4.69, 9.17) is 9.47 Å². The van der Waals surface area contributed by atoms with Crippen molar-refractivity contribution in [1.29, 1.82) is 0 Å². The Kier molecular flexibility index (Phi) is 6.47. The number of hydrogen-bond acceptors (Lipinski definition) is 7. The molecule has 0 aliphatic carbocycles. The quantitative estimate of drug-likeness (QED) is 0.411. The van der Waals surface area contributed by atoms with E-state index in [1.165, 1.54) is 11.8 Å². The van der Waals surface area contributed by atoms with E-state index >= 15 is 0 Å². The Balaban J connectivity index is 1.90. The summed E-state index contributed by atoms with van der Waals surface area (Å²) in [7, 11) is 1.48. The summed E-state index contributed by atoms with van der Waals surface area (Å²) in [6.07, 6.45) is 0. The van der Waals surface area contributed by atoms with Crippen LogP contribution in [0.5, 0.6) is 5.75 Å². The van der Waals surface area contributed by atoms with Crippen LogP contribution in [0.3, 0.4) is 0 Å². The minimum absolute atomic E-state index is 0.00344. The number of aromatic nitrogens is 2. The van der Waals surface area contributed by atoms with Crippen LogP contribution in [0.15, 0.2) is 52.6 Å². The fourth-order valence-electron chi connectivity index (χ4n) is 3.53. The average Bonchev–Trinajstić information content (AvgIpc) is 3.25. The van der Waals surface area contributed by atoms with Crippen LogP contribution in [0.25, 0.3) is 16.5 Å². The monoisotopic (exact) mass is 477 g/mol. The van der Waals surface area contributed by atoms with Crippen molar-refractivity contribution in [3.05, 3.63) is 80.6 Å². The lowest BCUT2D eigenvalue weighted by Crippen LogP contribution is -2.25. The summed E-state index contributed by atoms with van der Waals surface area (Å²) in [6, 6.07) is 12.3. The standard InChI is InChI=1S/C25H23N3O5S/c1-5-33-25(31)21-18-13-34-23(26-22(29)17-8-6-7-9-19(17)32-4)20(18)24(30)28(27-21)16-11-10-14(2)15(3)12-16/h6-13H,5H2,1-4H3,(H,26,29). The molecule has 174 valence electrons. The number of nitrogens with zero attached hydrogens (tertiary/aromatic N) is 2. The molecule has 0 aliphatic heterocycles. The molecule has 0 saturated heterocycles. The summed E-state index contributed by atoms with van der Waals surface area (Å²) in [6.45, 7) is 5.75. The first-order chi connectivity index (χ1) is 16.3. The summed E-state index contributed by atoms with van der Waals surface area (Å²) in [5.41, 5.74) is 2.41. The van der Waals surface area contributed by atoms with Crippen LogP contribution in [0, 0.1) is 13.8 Å². The minimum atomic E-state index is -0.648. The van der Waals surface area contributed by atoms with Crippen LogP contribution in [-0.4, -0.2) is 35.4 Å². The van der Waals surface area contributed by atoms with Crippen molar-refractivity contribution in [1.82, 2.24) is 9.78 Å². The third kappa shape index (κ3) is 4.17. The second-order valence-corrected chi connectivity index (χ2v) is 8.44. The van der Waals surface area contributed by atoms with Crippen LogP contribution in [0.1, 0.15) is 38.9 Å². The molecule has 4 aromatic rings. The molecule has 0 aliphatic rings. The molecule has 2 aromatic heterocycles. The highest BCUT2D eigenvalue weighted by atomic mass is 32.1. The highest BCUT2D eigenvalue weighted by Gasteiger charge is 2.24. The van der Waals surface area contributed by atoms with Gasteiger partial charge < -0.3 is 14.8 Å². The Morgan fingerprint density at radius 3 is 2.59 bits per heavy atom. The number of hydrogen-bond donors (Lipinski definition) is 1. The number of methoxy groups -OCH3 is 1. The molecule has 0 unspecified atom stereocenters. The molecule has 2 aromatic carbocycles. The van der Waals surface area contributed by atoms with Crippen LogP contribution in [-0.2, 0) is 4.74 Å². The molecule has 0 fully saturated rings. The number of fused-ring (bicyclic) bond motifs is 1. The van der Waals surface area contributed by atoms with Gasteiger partial charge in [0.05, 0.1) is 30.4 Å². The molecule has 34 heavy (non-hydrogen) atoms. The van der Waals surface area contributed by atoms with E-state index in [1.54, 1.807) is 42.6 Å². The highest BCUT2D eigenvalue weighted by molar-refractivity contribution is 7.16. The fraction of sp³-hybridized carbons (Fsp3) is 0.200. The topological polar surface area (TPSA) is 99.5 Å². The minimum Gasteiger partial charge on any atom is -0.496 e. The zero-order valence-electron chi connectivity index (χ0n) is 19.2. The van der Waals surface area contributed by atoms with Gasteiger partial charge in [0, 0.05) is 10.8 Å². The second kappa shape index (κ2) is 9.48. The Bertz CT molecular complexity index is 1470. The molecule has 0 atom stereocenters. The zero-order chi connectivity index (χ0) is 24.4. The normalized spacial score (nSPS) is 10.8. The molecule has 0 saturated carbocycles. The number of esters is 1. The molecule has 0 bridgehead atoms. The largest absolute Gasteiger partial charge is 0.496 e. The van der Waals surface area contributed by atoms with Crippen molar-refractivity contribution < 1.29 is 19.1 Å². The number of thiophene rings is 1. The summed E-state index contributed by atoms with van der Waals surface area (Å²) in [5, 5.41) is 9.58. The maximum atomic E-state index is 13.6. The number of amides is 1. The van der Waals surface area contributed by atoms with Gasteiger partial charge in [-0.05, 0) is 56.2 Å². The van der Waals surface area contributed by atoms with Crippen molar-refractivity contribution in [3.63, 3.8) is 0 Å². The molecular formula is C25H23N3O5S. The summed E-state index contributed by atoms with van der Waals surface area (Å²) in [5.74, 6) is -0.680. The van der Waals surface area contributed by atoms with Crippen LogP contribution >= 0.6 is 11.3 Å². The first kappa shape index (κ1) is 23.2. The lowest BCUT2D eigenvalue weighted by molar-refractivity contribution is 0.0520. The van der Waals surface area contributed by atoms with Gasteiger partial charge in [0.25, 0.3) is 11.5 Å². The van der Waals surface area contributed by atoms with Gasteiger partial charge in [0.1, 0.15) is 10.8 Å². The highest BCUT2D eigenvalue weighted by Crippen LogP contribution is 2.32. The Hall–Kier alpha value is -3.98. The van der Waals surface area contributed by atoms with E-state index in [0.29, 0.717) is 27.4 Å². The van der Waals surface area contributed by atoms with Gasteiger partial charge in [-0.1, -0.05) is 18.2 Å². The van der Waals surface area contributed by atoms with E-state index in [0.717, 1.165) is 22.5 Å². The number of carbonyl (C=O) groups excluding carboxylic acids is 2. The Labute approximate surface area is 199 Å². The van der Waals surface area contributed by atoms with Crippen LogP contribution in [0.2, 0.25) is 0 Å². The number of para-hydroxylation sites is 1. The van der Waals surface area contributed by atoms with Crippen molar-refractivity contribution in [3.8, 4) is 11.4 Å².